The number of carbonyl (C=O) groups excluding carboxylic acids is 1. The largest absolute Gasteiger partial charge is 0.461 e. The highest BCUT2D eigenvalue weighted by Gasteiger charge is 2.36. The van der Waals surface area contributed by atoms with Crippen molar-refractivity contribution in [3.8, 4) is 0 Å². The number of amidine groups is 1. The predicted molar refractivity (Wildman–Crippen MR) is 92.5 cm³/mol. The molecule has 1 aliphatic carbocycles. The third-order valence-corrected chi connectivity index (χ3v) is 4.94. The minimum Gasteiger partial charge on any atom is -0.461 e. The zero-order valence-corrected chi connectivity index (χ0v) is 13.5. The lowest BCUT2D eigenvalue weighted by atomic mass is 10.3. The summed E-state index contributed by atoms with van der Waals surface area (Å²) in [5, 5.41) is 3.38. The lowest BCUT2D eigenvalue weighted by molar-refractivity contribution is -0.115. The summed E-state index contributed by atoms with van der Waals surface area (Å²) < 4.78 is 5.83. The highest BCUT2D eigenvalue weighted by Crippen LogP contribution is 2.47. The average Bonchev–Trinajstić information content (AvgIpc) is 2.94. The molecule has 1 saturated carbocycles. The third-order valence-electron chi connectivity index (χ3n) is 4.03. The quantitative estimate of drug-likeness (QED) is 0.857. The van der Waals surface area contributed by atoms with E-state index in [1.54, 1.807) is 6.08 Å². The number of thioether (sulfide) groups is 1. The van der Waals surface area contributed by atoms with Gasteiger partial charge < -0.3 is 9.73 Å². The van der Waals surface area contributed by atoms with Crippen LogP contribution in [0.25, 0.3) is 6.08 Å². The van der Waals surface area contributed by atoms with Crippen LogP contribution in [0.3, 0.4) is 0 Å². The van der Waals surface area contributed by atoms with Gasteiger partial charge in [-0.05, 0) is 48.4 Å². The molecule has 0 bridgehead atoms. The van der Waals surface area contributed by atoms with Gasteiger partial charge in [-0.15, -0.1) is 0 Å². The Morgan fingerprint density at radius 1 is 1.26 bits per heavy atom. The molecule has 4 nitrogen and oxygen atoms in total. The predicted octanol–water partition coefficient (Wildman–Crippen LogP) is 4.29. The van der Waals surface area contributed by atoms with E-state index < -0.39 is 0 Å². The number of aliphatic imine (C=N–C) groups is 1. The molecule has 2 fully saturated rings. The topological polar surface area (TPSA) is 54.6 Å². The van der Waals surface area contributed by atoms with Gasteiger partial charge in [0, 0.05) is 12.0 Å². The molecule has 1 N–H and O–H groups in total. The molecule has 1 amide bonds. The lowest BCUT2D eigenvalue weighted by Crippen LogP contribution is -2.19. The van der Waals surface area contributed by atoms with Crippen molar-refractivity contribution in [2.24, 2.45) is 10.9 Å². The summed E-state index contributed by atoms with van der Waals surface area (Å²) in [5.74, 6) is 2.85. The van der Waals surface area contributed by atoms with Crippen molar-refractivity contribution < 1.29 is 9.21 Å². The molecule has 2 heterocycles. The van der Waals surface area contributed by atoms with Gasteiger partial charge in [0.15, 0.2) is 5.17 Å². The number of benzene rings is 1. The molecule has 5 heteroatoms. The summed E-state index contributed by atoms with van der Waals surface area (Å²) >= 11 is 1.33. The van der Waals surface area contributed by atoms with Crippen LogP contribution in [0.15, 0.2) is 56.8 Å². The van der Waals surface area contributed by atoms with Gasteiger partial charge in [0.2, 0.25) is 0 Å². The fraction of sp³-hybridized carbons (Fsp3) is 0.222. The van der Waals surface area contributed by atoms with E-state index in [-0.39, 0.29) is 5.91 Å². The van der Waals surface area contributed by atoms with E-state index in [0.717, 1.165) is 17.2 Å². The van der Waals surface area contributed by atoms with Crippen LogP contribution in [-0.2, 0) is 4.79 Å². The van der Waals surface area contributed by atoms with E-state index in [2.05, 4.69) is 17.2 Å². The Hall–Kier alpha value is -2.27. The minimum atomic E-state index is -0.137. The van der Waals surface area contributed by atoms with Crippen molar-refractivity contribution in [2.75, 3.05) is 0 Å². The zero-order valence-electron chi connectivity index (χ0n) is 12.7. The number of rotatable bonds is 3. The molecule has 1 aromatic carbocycles. The van der Waals surface area contributed by atoms with Crippen molar-refractivity contribution in [1.82, 2.24) is 5.32 Å². The van der Waals surface area contributed by atoms with Gasteiger partial charge in [-0.1, -0.05) is 25.1 Å². The Balaban J connectivity index is 1.52. The molecular formula is C18H16N2O2S. The van der Waals surface area contributed by atoms with Crippen LogP contribution in [0.2, 0.25) is 0 Å². The van der Waals surface area contributed by atoms with E-state index in [0.29, 0.717) is 21.9 Å². The molecule has 4 rings (SSSR count). The van der Waals surface area contributed by atoms with Gasteiger partial charge in [-0.3, -0.25) is 4.79 Å². The first-order chi connectivity index (χ1) is 11.2. The molecule has 2 aliphatic rings. The third kappa shape index (κ3) is 3.10. The van der Waals surface area contributed by atoms with E-state index in [9.17, 15) is 4.79 Å². The van der Waals surface area contributed by atoms with Gasteiger partial charge in [0.1, 0.15) is 11.5 Å². The Kier molecular flexibility index (Phi) is 3.58. The van der Waals surface area contributed by atoms with E-state index in [1.807, 2.05) is 42.5 Å². The fourth-order valence-electron chi connectivity index (χ4n) is 2.59. The number of furan rings is 1. The Bertz CT molecular complexity index is 807. The average molecular weight is 324 g/mol. The van der Waals surface area contributed by atoms with Crippen LogP contribution in [0.4, 0.5) is 5.69 Å². The van der Waals surface area contributed by atoms with Gasteiger partial charge in [-0.2, -0.15) is 0 Å². The van der Waals surface area contributed by atoms with Crippen LogP contribution in [0, 0.1) is 5.92 Å². The van der Waals surface area contributed by atoms with Crippen LogP contribution in [0.5, 0.6) is 0 Å². The number of para-hydroxylation sites is 1. The maximum atomic E-state index is 12.1. The van der Waals surface area contributed by atoms with Gasteiger partial charge >= 0.3 is 0 Å². The van der Waals surface area contributed by atoms with Crippen molar-refractivity contribution in [3.05, 3.63) is 58.9 Å². The van der Waals surface area contributed by atoms with Crippen molar-refractivity contribution >= 4 is 34.6 Å². The smallest absolute Gasteiger partial charge is 0.264 e. The Morgan fingerprint density at radius 2 is 2.04 bits per heavy atom. The van der Waals surface area contributed by atoms with Crippen molar-refractivity contribution in [2.45, 2.75) is 19.3 Å². The lowest BCUT2D eigenvalue weighted by Gasteiger charge is -1.94. The molecule has 1 aromatic heterocycles. The number of nitrogens with one attached hydrogen (secondary N) is 1. The molecule has 0 unspecified atom stereocenters. The first kappa shape index (κ1) is 14.3. The number of hydrogen-bond acceptors (Lipinski definition) is 4. The fourth-order valence-corrected chi connectivity index (χ4v) is 3.42. The Labute approximate surface area is 138 Å². The summed E-state index contributed by atoms with van der Waals surface area (Å²) in [5.41, 5.74) is 0.819. The number of hydrogen-bond donors (Lipinski definition) is 1. The van der Waals surface area contributed by atoms with Crippen LogP contribution >= 0.6 is 11.8 Å². The standard InChI is InChI=1S/C18H16N2O2S/c1-11-9-14(11)15-8-7-13(22-15)10-16-17(21)20-18(23-16)19-12-5-3-2-4-6-12/h2-8,10-11,14H,9H2,1H3,(H,19,20,21)/b16-10-/t11-,14+/m0/s1. The minimum absolute atomic E-state index is 0.137. The molecule has 1 saturated heterocycles. The maximum absolute atomic E-state index is 12.1. The van der Waals surface area contributed by atoms with Crippen LogP contribution in [0.1, 0.15) is 30.8 Å². The number of amides is 1. The number of carbonyl (C=O) groups is 1. The summed E-state index contributed by atoms with van der Waals surface area (Å²) in [6, 6.07) is 13.5. The number of nitrogens with zero attached hydrogens (tertiary/aromatic N) is 1. The van der Waals surface area contributed by atoms with E-state index in [1.165, 1.54) is 18.2 Å². The van der Waals surface area contributed by atoms with Gasteiger partial charge in [-0.25, -0.2) is 4.99 Å². The summed E-state index contributed by atoms with van der Waals surface area (Å²) in [7, 11) is 0. The molecular weight excluding hydrogens is 308 g/mol. The molecule has 2 aromatic rings. The second kappa shape index (κ2) is 5.74. The van der Waals surface area contributed by atoms with Crippen molar-refractivity contribution in [3.63, 3.8) is 0 Å². The first-order valence-electron chi connectivity index (χ1n) is 7.63. The molecule has 0 spiro atoms. The van der Waals surface area contributed by atoms with Gasteiger partial charge in [0.25, 0.3) is 5.91 Å². The van der Waals surface area contributed by atoms with E-state index in [4.69, 9.17) is 4.42 Å². The summed E-state index contributed by atoms with van der Waals surface area (Å²) in [6.07, 6.45) is 2.97. The summed E-state index contributed by atoms with van der Waals surface area (Å²) in [4.78, 5) is 17.1. The molecule has 23 heavy (non-hydrogen) atoms. The van der Waals surface area contributed by atoms with Crippen LogP contribution < -0.4 is 5.32 Å². The molecule has 116 valence electrons. The highest BCUT2D eigenvalue weighted by molar-refractivity contribution is 8.18. The zero-order chi connectivity index (χ0) is 15.8. The Morgan fingerprint density at radius 3 is 2.78 bits per heavy atom. The molecule has 0 radical (unpaired) electrons. The van der Waals surface area contributed by atoms with Crippen molar-refractivity contribution in [1.29, 1.82) is 0 Å². The second-order valence-electron chi connectivity index (χ2n) is 5.88. The highest BCUT2D eigenvalue weighted by atomic mass is 32.2. The van der Waals surface area contributed by atoms with E-state index >= 15 is 0 Å². The maximum Gasteiger partial charge on any atom is 0.264 e. The second-order valence-corrected chi connectivity index (χ2v) is 6.91. The normalized spacial score (nSPS) is 26.7. The molecule has 1 aliphatic heterocycles. The van der Waals surface area contributed by atoms with Crippen LogP contribution in [-0.4, -0.2) is 11.1 Å². The monoisotopic (exact) mass is 324 g/mol. The summed E-state index contributed by atoms with van der Waals surface area (Å²) in [6.45, 7) is 2.22. The first-order valence-corrected chi connectivity index (χ1v) is 8.45. The van der Waals surface area contributed by atoms with Gasteiger partial charge in [0.05, 0.1) is 10.6 Å². The molecule has 2 atom stereocenters. The SMILES string of the molecule is C[C@H]1C[C@H]1c1ccc(/C=C2\SC(=Nc3ccccc3)NC2=O)o1.